The van der Waals surface area contributed by atoms with Crippen molar-refractivity contribution in [1.82, 2.24) is 14.5 Å². The number of rotatable bonds is 2. The van der Waals surface area contributed by atoms with E-state index in [1.807, 2.05) is 33.7 Å². The SMILES string of the molecule is N#Cc1cccc(-c2ccc(=O)n3c2C2CC(CN(C(=O)c4ccncc4)C2)C3)c1. The van der Waals surface area contributed by atoms with Gasteiger partial charge in [0.1, 0.15) is 0 Å². The Bertz CT molecular complexity index is 1230. The van der Waals surface area contributed by atoms with Crippen LogP contribution in [0.5, 0.6) is 0 Å². The molecule has 30 heavy (non-hydrogen) atoms. The molecule has 2 atom stereocenters. The molecule has 0 spiro atoms. The molecule has 0 N–H and O–H groups in total. The van der Waals surface area contributed by atoms with Crippen LogP contribution in [-0.2, 0) is 6.54 Å². The number of hydrogen-bond donors (Lipinski definition) is 0. The third-order valence-electron chi connectivity index (χ3n) is 6.11. The number of carbonyl (C=O) groups is 1. The Morgan fingerprint density at radius 3 is 2.70 bits per heavy atom. The summed E-state index contributed by atoms with van der Waals surface area (Å²) >= 11 is 0. The van der Waals surface area contributed by atoms with Crippen LogP contribution in [0.2, 0.25) is 0 Å². The van der Waals surface area contributed by atoms with Gasteiger partial charge in [-0.3, -0.25) is 14.6 Å². The van der Waals surface area contributed by atoms with E-state index in [0.29, 0.717) is 30.8 Å². The summed E-state index contributed by atoms with van der Waals surface area (Å²) in [5.41, 5.74) is 4.08. The monoisotopic (exact) mass is 396 g/mol. The molecule has 2 aliphatic rings. The molecule has 2 bridgehead atoms. The number of aromatic nitrogens is 2. The Morgan fingerprint density at radius 2 is 1.90 bits per heavy atom. The lowest BCUT2D eigenvalue weighted by atomic mass is 9.80. The van der Waals surface area contributed by atoms with Crippen LogP contribution in [0.15, 0.2) is 65.7 Å². The van der Waals surface area contributed by atoms with Gasteiger partial charge in [0.25, 0.3) is 11.5 Å². The standard InChI is InChI=1S/C24H20N4O2/c25-12-16-2-1-3-19(10-16)21-4-5-22(29)28-14-17-11-20(23(21)28)15-27(13-17)24(30)18-6-8-26-9-7-18/h1-10,17,20H,11,13-15H2. The molecule has 2 aliphatic heterocycles. The van der Waals surface area contributed by atoms with Crippen LogP contribution >= 0.6 is 0 Å². The largest absolute Gasteiger partial charge is 0.338 e. The van der Waals surface area contributed by atoms with Crippen molar-refractivity contribution in [3.63, 3.8) is 0 Å². The Hall–Kier alpha value is -3.72. The Morgan fingerprint density at radius 1 is 1.07 bits per heavy atom. The normalized spacial score (nSPS) is 19.6. The van der Waals surface area contributed by atoms with Crippen molar-refractivity contribution < 1.29 is 4.79 Å². The summed E-state index contributed by atoms with van der Waals surface area (Å²) in [6, 6.07) is 16.6. The van der Waals surface area contributed by atoms with Gasteiger partial charge >= 0.3 is 0 Å². The number of likely N-dealkylation sites (tertiary alicyclic amines) is 1. The van der Waals surface area contributed by atoms with Crippen LogP contribution in [0.25, 0.3) is 11.1 Å². The van der Waals surface area contributed by atoms with Crippen molar-refractivity contribution in [2.24, 2.45) is 5.92 Å². The number of nitriles is 1. The lowest BCUT2D eigenvalue weighted by Crippen LogP contribution is -2.49. The fourth-order valence-electron chi connectivity index (χ4n) is 4.86. The average molecular weight is 396 g/mol. The van der Waals surface area contributed by atoms with Crippen molar-refractivity contribution in [1.29, 1.82) is 5.26 Å². The van der Waals surface area contributed by atoms with Gasteiger partial charge in [0.15, 0.2) is 0 Å². The zero-order valence-electron chi connectivity index (χ0n) is 16.4. The highest BCUT2D eigenvalue weighted by Crippen LogP contribution is 2.40. The Kier molecular flexibility index (Phi) is 4.44. The zero-order chi connectivity index (χ0) is 20.7. The van der Waals surface area contributed by atoms with E-state index in [1.165, 1.54) is 0 Å². The predicted octanol–water partition coefficient (Wildman–Crippen LogP) is 3.04. The molecule has 3 aromatic rings. The molecular formula is C24H20N4O2. The molecule has 0 aliphatic carbocycles. The van der Waals surface area contributed by atoms with E-state index in [0.717, 1.165) is 23.2 Å². The first kappa shape index (κ1) is 18.3. The smallest absolute Gasteiger partial charge is 0.253 e. The highest BCUT2D eigenvalue weighted by molar-refractivity contribution is 5.94. The number of carbonyl (C=O) groups excluding carboxylic acids is 1. The number of amides is 1. The lowest BCUT2D eigenvalue weighted by molar-refractivity contribution is 0.0595. The second-order valence-electron chi connectivity index (χ2n) is 8.02. The molecule has 2 unspecified atom stereocenters. The Balaban J connectivity index is 1.56. The summed E-state index contributed by atoms with van der Waals surface area (Å²) < 4.78 is 1.88. The number of benzene rings is 1. The van der Waals surface area contributed by atoms with E-state index >= 15 is 0 Å². The summed E-state index contributed by atoms with van der Waals surface area (Å²) in [5, 5.41) is 9.28. The molecule has 4 heterocycles. The molecule has 148 valence electrons. The van der Waals surface area contributed by atoms with Crippen LogP contribution < -0.4 is 5.56 Å². The summed E-state index contributed by atoms with van der Waals surface area (Å²) in [6.45, 7) is 1.83. The van der Waals surface area contributed by atoms with E-state index in [1.54, 1.807) is 36.7 Å². The van der Waals surface area contributed by atoms with Gasteiger partial charge in [-0.1, -0.05) is 12.1 Å². The molecule has 1 amide bonds. The van der Waals surface area contributed by atoms with Gasteiger partial charge in [-0.15, -0.1) is 0 Å². The molecule has 1 aromatic carbocycles. The first-order valence-electron chi connectivity index (χ1n) is 10.1. The van der Waals surface area contributed by atoms with Gasteiger partial charge in [-0.25, -0.2) is 0 Å². The number of nitrogens with zero attached hydrogens (tertiary/aromatic N) is 4. The van der Waals surface area contributed by atoms with Gasteiger partial charge in [-0.05, 0) is 48.2 Å². The third kappa shape index (κ3) is 3.09. The highest BCUT2D eigenvalue weighted by Gasteiger charge is 2.38. The number of fused-ring (bicyclic) bond motifs is 4. The number of pyridine rings is 2. The zero-order valence-corrected chi connectivity index (χ0v) is 16.4. The van der Waals surface area contributed by atoms with Crippen molar-refractivity contribution >= 4 is 5.91 Å². The second kappa shape index (κ2) is 7.27. The second-order valence-corrected chi connectivity index (χ2v) is 8.02. The van der Waals surface area contributed by atoms with Gasteiger partial charge in [0.2, 0.25) is 0 Å². The molecule has 0 saturated carbocycles. The van der Waals surface area contributed by atoms with Crippen LogP contribution in [0.3, 0.4) is 0 Å². The van der Waals surface area contributed by atoms with Gasteiger partial charge in [0, 0.05) is 60.8 Å². The van der Waals surface area contributed by atoms with E-state index in [2.05, 4.69) is 11.1 Å². The number of piperidine rings is 1. The fraction of sp³-hybridized carbons (Fsp3) is 0.250. The van der Waals surface area contributed by atoms with Gasteiger partial charge < -0.3 is 9.47 Å². The molecule has 2 aromatic heterocycles. The summed E-state index contributed by atoms with van der Waals surface area (Å²) in [7, 11) is 0. The average Bonchev–Trinajstić information content (AvgIpc) is 2.79. The number of hydrogen-bond acceptors (Lipinski definition) is 4. The van der Waals surface area contributed by atoms with Crippen LogP contribution in [-0.4, -0.2) is 33.4 Å². The summed E-state index contributed by atoms with van der Waals surface area (Å²) in [5.74, 6) is 0.338. The van der Waals surface area contributed by atoms with Crippen LogP contribution in [0.1, 0.15) is 34.0 Å². The van der Waals surface area contributed by atoms with Crippen LogP contribution in [0.4, 0.5) is 0 Å². The molecule has 1 fully saturated rings. The first-order valence-corrected chi connectivity index (χ1v) is 10.1. The predicted molar refractivity (Wildman–Crippen MR) is 112 cm³/mol. The van der Waals surface area contributed by atoms with Crippen molar-refractivity contribution in [3.05, 3.63) is 88.1 Å². The minimum absolute atomic E-state index is 0.00574. The maximum atomic E-state index is 13.0. The first-order chi connectivity index (χ1) is 14.6. The summed E-state index contributed by atoms with van der Waals surface area (Å²) in [6.07, 6.45) is 4.22. The molecular weight excluding hydrogens is 376 g/mol. The molecule has 6 nitrogen and oxygen atoms in total. The highest BCUT2D eigenvalue weighted by atomic mass is 16.2. The van der Waals surface area contributed by atoms with Crippen molar-refractivity contribution in [3.8, 4) is 17.2 Å². The van der Waals surface area contributed by atoms with Gasteiger partial charge in [-0.2, -0.15) is 5.26 Å². The van der Waals surface area contributed by atoms with Crippen molar-refractivity contribution in [2.45, 2.75) is 18.9 Å². The van der Waals surface area contributed by atoms with Crippen LogP contribution in [0, 0.1) is 17.2 Å². The van der Waals surface area contributed by atoms with E-state index in [-0.39, 0.29) is 23.3 Å². The molecule has 6 heteroatoms. The summed E-state index contributed by atoms with van der Waals surface area (Å²) in [4.78, 5) is 31.6. The third-order valence-corrected chi connectivity index (χ3v) is 6.11. The quantitative estimate of drug-likeness (QED) is 0.667. The fourth-order valence-corrected chi connectivity index (χ4v) is 4.86. The topological polar surface area (TPSA) is 79.0 Å². The van der Waals surface area contributed by atoms with Crippen molar-refractivity contribution in [2.75, 3.05) is 13.1 Å². The molecule has 1 saturated heterocycles. The minimum atomic E-state index is -0.00574. The maximum absolute atomic E-state index is 13.0. The van der Waals surface area contributed by atoms with E-state index in [4.69, 9.17) is 0 Å². The minimum Gasteiger partial charge on any atom is -0.338 e. The maximum Gasteiger partial charge on any atom is 0.253 e. The van der Waals surface area contributed by atoms with E-state index in [9.17, 15) is 14.9 Å². The Labute approximate surface area is 174 Å². The molecule has 0 radical (unpaired) electrons. The van der Waals surface area contributed by atoms with Gasteiger partial charge in [0.05, 0.1) is 11.6 Å². The molecule has 5 rings (SSSR count). The van der Waals surface area contributed by atoms with E-state index < -0.39 is 0 Å². The lowest BCUT2D eigenvalue weighted by Gasteiger charge is -2.43.